The molecule has 43 heavy (non-hydrogen) atoms. The second kappa shape index (κ2) is 8.78. The summed E-state index contributed by atoms with van der Waals surface area (Å²) in [6.07, 6.45) is 6.84. The Morgan fingerprint density at radius 1 is 0.674 bits per heavy atom. The van der Waals surface area contributed by atoms with Crippen LogP contribution in [0.4, 0.5) is 0 Å². The van der Waals surface area contributed by atoms with Crippen molar-refractivity contribution in [1.29, 1.82) is 0 Å². The van der Waals surface area contributed by atoms with Crippen molar-refractivity contribution >= 4 is 19.7 Å². The first-order valence-corrected chi connectivity index (χ1v) is 18.2. The molecule has 4 saturated carbocycles. The van der Waals surface area contributed by atoms with Crippen molar-refractivity contribution in [3.05, 3.63) is 120 Å². The Bertz CT molecular complexity index is 1790. The number of epoxide rings is 1. The molecule has 9 rings (SSSR count). The summed E-state index contributed by atoms with van der Waals surface area (Å²) in [5, 5.41) is -2.13. The van der Waals surface area contributed by atoms with E-state index >= 15 is 0 Å². The van der Waals surface area contributed by atoms with Crippen LogP contribution in [-0.2, 0) is 35.8 Å². The number of hydrogen-bond acceptors (Lipinski definition) is 6. The molecule has 0 spiro atoms. The Hall–Kier alpha value is -3.04. The first-order valence-electron chi connectivity index (χ1n) is 15.1. The van der Waals surface area contributed by atoms with E-state index in [0.29, 0.717) is 13.0 Å². The first kappa shape index (κ1) is 26.4. The third-order valence-electron chi connectivity index (χ3n) is 11.3. The topological polar surface area (TPSA) is 90.0 Å². The number of ether oxygens (including phenoxy) is 2. The third kappa shape index (κ3) is 3.25. The van der Waals surface area contributed by atoms with E-state index in [9.17, 15) is 16.8 Å². The Labute approximate surface area is 252 Å². The number of rotatable bonds is 7. The van der Waals surface area contributed by atoms with Crippen LogP contribution in [0.25, 0.3) is 0 Å². The van der Waals surface area contributed by atoms with Crippen molar-refractivity contribution in [2.24, 2.45) is 23.7 Å². The summed E-state index contributed by atoms with van der Waals surface area (Å²) in [4.78, 5) is 0.358. The van der Waals surface area contributed by atoms with Gasteiger partial charge in [-0.05, 0) is 49.1 Å². The molecule has 0 amide bonds. The Morgan fingerprint density at radius 3 is 1.63 bits per heavy atom. The fourth-order valence-corrected chi connectivity index (χ4v) is 14.8. The molecule has 5 aliphatic carbocycles. The Morgan fingerprint density at radius 2 is 1.14 bits per heavy atom. The van der Waals surface area contributed by atoms with Crippen LogP contribution in [0.3, 0.4) is 0 Å². The van der Waals surface area contributed by atoms with E-state index in [2.05, 4.69) is 24.3 Å². The highest BCUT2D eigenvalue weighted by Crippen LogP contribution is 2.85. The van der Waals surface area contributed by atoms with Gasteiger partial charge in [0.2, 0.25) is 0 Å². The van der Waals surface area contributed by atoms with Crippen molar-refractivity contribution in [3.8, 4) is 0 Å². The van der Waals surface area contributed by atoms with Crippen LogP contribution < -0.4 is 0 Å². The summed E-state index contributed by atoms with van der Waals surface area (Å²) in [6, 6.07) is 26.9. The largest absolute Gasteiger partial charge is 0.373 e. The van der Waals surface area contributed by atoms with Crippen LogP contribution in [-0.4, -0.2) is 44.6 Å². The second-order valence-corrected chi connectivity index (χ2v) is 17.2. The number of fused-ring (bicyclic) bond motifs is 4. The maximum atomic E-state index is 14.4. The summed E-state index contributed by atoms with van der Waals surface area (Å²) < 4.78 is 70.6. The van der Waals surface area contributed by atoms with Crippen molar-refractivity contribution in [3.63, 3.8) is 0 Å². The molecule has 3 aromatic carbocycles. The van der Waals surface area contributed by atoms with E-state index in [4.69, 9.17) is 9.47 Å². The fraction of sp³-hybridized carbons (Fsp3) is 0.371. The van der Waals surface area contributed by atoms with Crippen molar-refractivity contribution in [2.45, 2.75) is 63.5 Å². The van der Waals surface area contributed by atoms with Gasteiger partial charge in [-0.25, -0.2) is 16.8 Å². The van der Waals surface area contributed by atoms with Gasteiger partial charge in [-0.1, -0.05) is 90.0 Å². The van der Waals surface area contributed by atoms with Crippen molar-refractivity contribution in [1.82, 2.24) is 0 Å². The number of sulfone groups is 2. The molecule has 1 saturated heterocycles. The standard InChI is InChI=1S/C35H32O6S2/c36-42(37,25-12-6-2-7-13-25)32-29-20-30(33(32)43(38,39)26-14-8-3-9-15-26)35-28-17-16-27(34(29,35)41-35)31(28)23-18-24(19-23)40-21-22-10-4-1-5-11-22/h1-17,24,27-30,32-33H,18-21H2/t24?,27-,28-,29-,30+,32-,33+,34+,35-/m0/s1. The predicted molar refractivity (Wildman–Crippen MR) is 160 cm³/mol. The van der Waals surface area contributed by atoms with Gasteiger partial charge in [-0.3, -0.25) is 0 Å². The summed E-state index contributed by atoms with van der Waals surface area (Å²) in [6.45, 7) is 0.582. The summed E-state index contributed by atoms with van der Waals surface area (Å²) >= 11 is 0. The summed E-state index contributed by atoms with van der Waals surface area (Å²) in [5.74, 6) is -0.809. The van der Waals surface area contributed by atoms with Crippen molar-refractivity contribution in [2.75, 3.05) is 0 Å². The van der Waals surface area contributed by atoms with Gasteiger partial charge in [0, 0.05) is 23.7 Å². The first-order chi connectivity index (χ1) is 20.8. The van der Waals surface area contributed by atoms with E-state index < -0.39 is 53.2 Å². The molecule has 0 N–H and O–H groups in total. The molecule has 5 fully saturated rings. The maximum Gasteiger partial charge on any atom is 0.182 e. The zero-order valence-electron chi connectivity index (χ0n) is 23.5. The average molecular weight is 613 g/mol. The maximum absolute atomic E-state index is 14.4. The lowest BCUT2D eigenvalue weighted by Gasteiger charge is -2.36. The van der Waals surface area contributed by atoms with Crippen LogP contribution in [0.2, 0.25) is 0 Å². The molecule has 0 unspecified atom stereocenters. The minimum Gasteiger partial charge on any atom is -0.373 e. The van der Waals surface area contributed by atoms with Gasteiger partial charge >= 0.3 is 0 Å². The highest BCUT2D eigenvalue weighted by atomic mass is 32.2. The van der Waals surface area contributed by atoms with Crippen LogP contribution in [0.5, 0.6) is 0 Å². The normalized spacial score (nSPS) is 38.2. The van der Waals surface area contributed by atoms with Gasteiger partial charge in [0.1, 0.15) is 11.2 Å². The smallest absolute Gasteiger partial charge is 0.182 e. The summed E-state index contributed by atoms with van der Waals surface area (Å²) in [7, 11) is -7.94. The van der Waals surface area contributed by atoms with E-state index in [-0.39, 0.29) is 27.7 Å². The van der Waals surface area contributed by atoms with Crippen molar-refractivity contribution < 1.29 is 26.3 Å². The molecular formula is C35H32O6S2. The lowest BCUT2D eigenvalue weighted by atomic mass is 9.73. The number of hydrogen-bond donors (Lipinski definition) is 0. The van der Waals surface area contributed by atoms with Crippen LogP contribution in [0.15, 0.2) is 124 Å². The van der Waals surface area contributed by atoms with E-state index in [1.807, 2.05) is 18.2 Å². The molecule has 0 radical (unpaired) electrons. The lowest BCUT2D eigenvalue weighted by molar-refractivity contribution is 0.0143. The molecule has 1 aliphatic heterocycles. The second-order valence-electron chi connectivity index (χ2n) is 13.0. The van der Waals surface area contributed by atoms with Gasteiger partial charge in [0.05, 0.1) is 33.0 Å². The SMILES string of the molecule is O=S(=O)(c1ccccc1)[C@@H]1[C@H](S(=O)(=O)c2ccccc2)[C@H]2C[C@@H]1[C@@]13O[C@@]21[C@H]1C=C[C@H]3C1=C1CC(OCc2ccccc2)C1. The zero-order chi connectivity index (χ0) is 29.2. The molecule has 1 heterocycles. The molecule has 6 aliphatic rings. The monoisotopic (exact) mass is 612 g/mol. The quantitative estimate of drug-likeness (QED) is 0.265. The average Bonchev–Trinajstić information content (AvgIpc) is 3.27. The van der Waals surface area contributed by atoms with E-state index in [1.165, 1.54) is 11.1 Å². The molecule has 0 aromatic heterocycles. The van der Waals surface area contributed by atoms with Gasteiger partial charge in [0.15, 0.2) is 19.7 Å². The van der Waals surface area contributed by atoms with E-state index in [1.54, 1.807) is 60.7 Å². The van der Waals surface area contributed by atoms with Gasteiger partial charge in [-0.2, -0.15) is 0 Å². The van der Waals surface area contributed by atoms with Crippen LogP contribution in [0, 0.1) is 23.7 Å². The Balaban J connectivity index is 1.09. The highest BCUT2D eigenvalue weighted by molar-refractivity contribution is 7.96. The minimum absolute atomic E-state index is 0.00794. The third-order valence-corrected chi connectivity index (χ3v) is 16.0. The molecule has 6 nitrogen and oxygen atoms in total. The Kier molecular flexibility index (Phi) is 5.38. The molecule has 3 aromatic rings. The molecule has 4 bridgehead atoms. The fourth-order valence-electron chi connectivity index (χ4n) is 9.66. The van der Waals surface area contributed by atoms with Gasteiger partial charge in [0.25, 0.3) is 0 Å². The van der Waals surface area contributed by atoms with Gasteiger partial charge in [-0.15, -0.1) is 0 Å². The van der Waals surface area contributed by atoms with Gasteiger partial charge < -0.3 is 9.47 Å². The summed E-state index contributed by atoms with van der Waals surface area (Å²) in [5.41, 5.74) is 2.57. The molecular weight excluding hydrogens is 581 g/mol. The van der Waals surface area contributed by atoms with E-state index in [0.717, 1.165) is 18.4 Å². The molecule has 8 atom stereocenters. The molecule has 8 heteroatoms. The highest BCUT2D eigenvalue weighted by Gasteiger charge is 2.96. The zero-order valence-corrected chi connectivity index (χ0v) is 25.1. The minimum atomic E-state index is -3.97. The number of benzene rings is 3. The lowest BCUT2D eigenvalue weighted by Crippen LogP contribution is -2.54. The van der Waals surface area contributed by atoms with Crippen LogP contribution >= 0.6 is 0 Å². The predicted octanol–water partition coefficient (Wildman–Crippen LogP) is 5.32. The molecule has 220 valence electrons. The van der Waals surface area contributed by atoms with Crippen LogP contribution in [0.1, 0.15) is 24.8 Å².